The van der Waals surface area contributed by atoms with Crippen molar-refractivity contribution in [2.45, 2.75) is 44.7 Å². The number of hydrogen-bond donors (Lipinski definition) is 0. The molecule has 1 spiro atoms. The van der Waals surface area contributed by atoms with Gasteiger partial charge in [-0.05, 0) is 56.3 Å². The van der Waals surface area contributed by atoms with Gasteiger partial charge in [-0.15, -0.1) is 0 Å². The zero-order valence-corrected chi connectivity index (χ0v) is 14.8. The molecule has 25 heavy (non-hydrogen) atoms. The fourth-order valence-corrected chi connectivity index (χ4v) is 4.76. The van der Waals surface area contributed by atoms with Crippen molar-refractivity contribution < 1.29 is 13.9 Å². The lowest BCUT2D eigenvalue weighted by atomic mass is 9.78. The molecule has 3 fully saturated rings. The SMILES string of the molecule is O=C1N(Cc2ccc(F)cc2)CCC[C@@]12CCN(C1CCOCC1)C2. The summed E-state index contributed by atoms with van der Waals surface area (Å²) >= 11 is 0. The van der Waals surface area contributed by atoms with E-state index in [1.165, 1.54) is 12.1 Å². The largest absolute Gasteiger partial charge is 0.381 e. The molecule has 3 aliphatic heterocycles. The Hall–Kier alpha value is -1.46. The molecular weight excluding hydrogens is 319 g/mol. The minimum absolute atomic E-state index is 0.198. The first-order valence-electron chi connectivity index (χ1n) is 9.52. The predicted molar refractivity (Wildman–Crippen MR) is 93.5 cm³/mol. The molecule has 3 aliphatic rings. The number of halogens is 1. The molecule has 1 aromatic rings. The smallest absolute Gasteiger partial charge is 0.230 e. The normalized spacial score (nSPS) is 28.8. The van der Waals surface area contributed by atoms with Gasteiger partial charge in [-0.1, -0.05) is 12.1 Å². The van der Waals surface area contributed by atoms with Gasteiger partial charge in [0.2, 0.25) is 5.91 Å². The molecule has 136 valence electrons. The van der Waals surface area contributed by atoms with E-state index < -0.39 is 0 Å². The lowest BCUT2D eigenvalue weighted by molar-refractivity contribution is -0.146. The average Bonchev–Trinajstić information content (AvgIpc) is 3.07. The van der Waals surface area contributed by atoms with E-state index in [0.29, 0.717) is 18.5 Å². The van der Waals surface area contributed by atoms with Crippen molar-refractivity contribution in [1.82, 2.24) is 9.80 Å². The number of carbonyl (C=O) groups excluding carboxylic acids is 1. The van der Waals surface area contributed by atoms with E-state index in [2.05, 4.69) is 4.90 Å². The molecule has 0 radical (unpaired) electrons. The van der Waals surface area contributed by atoms with Gasteiger partial charge < -0.3 is 9.64 Å². The number of amides is 1. The maximum absolute atomic E-state index is 13.2. The second kappa shape index (κ2) is 7.04. The summed E-state index contributed by atoms with van der Waals surface area (Å²) < 4.78 is 18.6. The Morgan fingerprint density at radius 2 is 1.88 bits per heavy atom. The maximum Gasteiger partial charge on any atom is 0.230 e. The standard InChI is InChI=1S/C20H27FN2O2/c21-17-4-2-16(3-5-17)14-22-10-1-8-20(19(22)24)9-11-23(15-20)18-6-12-25-13-7-18/h2-5,18H,1,6-15H2/t20-/m0/s1. The Morgan fingerprint density at radius 3 is 2.64 bits per heavy atom. The van der Waals surface area contributed by atoms with E-state index in [1.54, 1.807) is 12.1 Å². The first-order chi connectivity index (χ1) is 12.2. The molecule has 3 heterocycles. The van der Waals surface area contributed by atoms with Gasteiger partial charge in [-0.25, -0.2) is 4.39 Å². The van der Waals surface area contributed by atoms with Gasteiger partial charge in [0, 0.05) is 38.9 Å². The van der Waals surface area contributed by atoms with Crippen LogP contribution in [0.3, 0.4) is 0 Å². The summed E-state index contributed by atoms with van der Waals surface area (Å²) in [5.74, 6) is 0.0747. The van der Waals surface area contributed by atoms with Crippen LogP contribution in [-0.2, 0) is 16.1 Å². The zero-order valence-electron chi connectivity index (χ0n) is 14.8. The van der Waals surface area contributed by atoms with Crippen molar-refractivity contribution >= 4 is 5.91 Å². The first kappa shape index (κ1) is 17.0. The number of carbonyl (C=O) groups is 1. The van der Waals surface area contributed by atoms with Crippen LogP contribution in [-0.4, -0.2) is 54.6 Å². The predicted octanol–water partition coefficient (Wildman–Crippen LogP) is 2.82. The highest BCUT2D eigenvalue weighted by atomic mass is 19.1. The molecule has 1 amide bonds. The topological polar surface area (TPSA) is 32.8 Å². The van der Waals surface area contributed by atoms with Crippen molar-refractivity contribution in [3.05, 3.63) is 35.6 Å². The van der Waals surface area contributed by atoms with Crippen LogP contribution in [0.5, 0.6) is 0 Å². The molecule has 1 atom stereocenters. The molecule has 0 aromatic heterocycles. The summed E-state index contributed by atoms with van der Waals surface area (Å²) in [6, 6.07) is 7.09. The second-order valence-electron chi connectivity index (χ2n) is 7.80. The van der Waals surface area contributed by atoms with Gasteiger partial charge in [-0.2, -0.15) is 0 Å². The number of rotatable bonds is 3. The fraction of sp³-hybridized carbons (Fsp3) is 0.650. The van der Waals surface area contributed by atoms with E-state index >= 15 is 0 Å². The van der Waals surface area contributed by atoms with E-state index in [-0.39, 0.29) is 11.2 Å². The Kier molecular flexibility index (Phi) is 4.78. The van der Waals surface area contributed by atoms with Crippen LogP contribution in [0.15, 0.2) is 24.3 Å². The van der Waals surface area contributed by atoms with Crippen LogP contribution in [0.4, 0.5) is 4.39 Å². The molecule has 0 aliphatic carbocycles. The lowest BCUT2D eigenvalue weighted by Crippen LogP contribution is -2.50. The van der Waals surface area contributed by atoms with Crippen LogP contribution in [0.25, 0.3) is 0 Å². The first-order valence-corrected chi connectivity index (χ1v) is 9.52. The number of piperidine rings is 1. The van der Waals surface area contributed by atoms with Crippen LogP contribution in [0.2, 0.25) is 0 Å². The number of nitrogens with zero attached hydrogens (tertiary/aromatic N) is 2. The molecule has 0 N–H and O–H groups in total. The minimum Gasteiger partial charge on any atom is -0.381 e. The lowest BCUT2D eigenvalue weighted by Gasteiger charge is -2.40. The fourth-order valence-electron chi connectivity index (χ4n) is 4.76. The Morgan fingerprint density at radius 1 is 1.12 bits per heavy atom. The highest BCUT2D eigenvalue weighted by Gasteiger charge is 2.49. The van der Waals surface area contributed by atoms with Crippen LogP contribution in [0.1, 0.15) is 37.7 Å². The van der Waals surface area contributed by atoms with Gasteiger partial charge >= 0.3 is 0 Å². The minimum atomic E-state index is -0.229. The summed E-state index contributed by atoms with van der Waals surface area (Å²) in [6.07, 6.45) is 5.22. The molecule has 0 saturated carbocycles. The summed E-state index contributed by atoms with van der Waals surface area (Å²) in [5, 5.41) is 0. The van der Waals surface area contributed by atoms with Gasteiger partial charge in [0.15, 0.2) is 0 Å². The van der Waals surface area contributed by atoms with Crippen molar-refractivity contribution in [3.63, 3.8) is 0 Å². The summed E-state index contributed by atoms with van der Waals surface area (Å²) in [7, 11) is 0. The van der Waals surface area contributed by atoms with Gasteiger partial charge in [-0.3, -0.25) is 9.69 Å². The quantitative estimate of drug-likeness (QED) is 0.844. The third-order valence-corrected chi connectivity index (χ3v) is 6.20. The van der Waals surface area contributed by atoms with Crippen molar-refractivity contribution in [2.75, 3.05) is 32.8 Å². The number of ether oxygens (including phenoxy) is 1. The molecule has 5 heteroatoms. The summed E-state index contributed by atoms with van der Waals surface area (Å²) in [5.41, 5.74) is 0.808. The Labute approximate surface area is 148 Å². The molecule has 0 unspecified atom stereocenters. The third kappa shape index (κ3) is 3.44. The van der Waals surface area contributed by atoms with Crippen molar-refractivity contribution in [2.24, 2.45) is 5.41 Å². The van der Waals surface area contributed by atoms with Crippen LogP contribution >= 0.6 is 0 Å². The van der Waals surface area contributed by atoms with Gasteiger partial charge in [0.05, 0.1) is 5.41 Å². The molecule has 1 aromatic carbocycles. The summed E-state index contributed by atoms with van der Waals surface area (Å²) in [6.45, 7) is 5.03. The zero-order chi connectivity index (χ0) is 17.3. The number of benzene rings is 1. The number of likely N-dealkylation sites (tertiary alicyclic amines) is 2. The van der Waals surface area contributed by atoms with Crippen molar-refractivity contribution in [3.8, 4) is 0 Å². The second-order valence-corrected chi connectivity index (χ2v) is 7.80. The van der Waals surface area contributed by atoms with Crippen LogP contribution < -0.4 is 0 Å². The molecule has 4 rings (SSSR count). The van der Waals surface area contributed by atoms with Crippen LogP contribution in [0, 0.1) is 11.2 Å². The van der Waals surface area contributed by atoms with E-state index in [0.717, 1.165) is 70.5 Å². The summed E-state index contributed by atoms with van der Waals surface area (Å²) in [4.78, 5) is 17.8. The average molecular weight is 346 g/mol. The third-order valence-electron chi connectivity index (χ3n) is 6.20. The van der Waals surface area contributed by atoms with E-state index in [4.69, 9.17) is 4.74 Å². The highest BCUT2D eigenvalue weighted by molar-refractivity contribution is 5.84. The molecular formula is C20H27FN2O2. The van der Waals surface area contributed by atoms with E-state index in [9.17, 15) is 9.18 Å². The molecule has 0 bridgehead atoms. The monoisotopic (exact) mass is 346 g/mol. The molecule has 4 nitrogen and oxygen atoms in total. The van der Waals surface area contributed by atoms with Crippen molar-refractivity contribution in [1.29, 1.82) is 0 Å². The molecule has 3 saturated heterocycles. The van der Waals surface area contributed by atoms with E-state index in [1.807, 2.05) is 4.90 Å². The van der Waals surface area contributed by atoms with Gasteiger partial charge in [0.25, 0.3) is 0 Å². The highest BCUT2D eigenvalue weighted by Crippen LogP contribution is 2.41. The Bertz CT molecular complexity index is 615. The Balaban J connectivity index is 1.43. The maximum atomic E-state index is 13.2. The number of hydrogen-bond acceptors (Lipinski definition) is 3. The van der Waals surface area contributed by atoms with Gasteiger partial charge in [0.1, 0.15) is 5.82 Å².